The Labute approximate surface area is 81.4 Å². The fourth-order valence-corrected chi connectivity index (χ4v) is 2.19. The van der Waals surface area contributed by atoms with E-state index in [9.17, 15) is 0 Å². The number of hydrogen-bond donors (Lipinski definition) is 1. The van der Waals surface area contributed by atoms with E-state index in [1.165, 1.54) is 19.5 Å². The predicted molar refractivity (Wildman–Crippen MR) is 54.9 cm³/mol. The van der Waals surface area contributed by atoms with Crippen molar-refractivity contribution < 1.29 is 4.74 Å². The lowest BCUT2D eigenvalue weighted by Gasteiger charge is -2.22. The van der Waals surface area contributed by atoms with Crippen LogP contribution in [0.4, 0.5) is 0 Å². The lowest BCUT2D eigenvalue weighted by atomic mass is 9.92. The number of ether oxygens (including phenoxy) is 1. The molecule has 3 nitrogen and oxygen atoms in total. The molecule has 0 amide bonds. The predicted octanol–water partition coefficient (Wildman–Crippen LogP) is 0.420. The molecule has 0 aromatic rings. The second-order valence-electron chi connectivity index (χ2n) is 4.08. The number of nitrogens with zero attached hydrogens (tertiary/aromatic N) is 1. The smallest absolute Gasteiger partial charge is 0.0505 e. The van der Waals surface area contributed by atoms with Crippen LogP contribution in [-0.4, -0.2) is 52.3 Å². The van der Waals surface area contributed by atoms with Crippen molar-refractivity contribution in [1.29, 1.82) is 0 Å². The molecule has 1 saturated heterocycles. The lowest BCUT2D eigenvalue weighted by Crippen LogP contribution is -2.31. The van der Waals surface area contributed by atoms with E-state index in [1.54, 1.807) is 7.11 Å². The largest absolute Gasteiger partial charge is 0.384 e. The maximum absolute atomic E-state index is 5.25. The van der Waals surface area contributed by atoms with Crippen molar-refractivity contribution in [3.63, 3.8) is 0 Å². The molecular formula is C10H22N2O. The number of likely N-dealkylation sites (tertiary alicyclic amines) is 1. The highest BCUT2D eigenvalue weighted by atomic mass is 16.5. The van der Waals surface area contributed by atoms with E-state index < -0.39 is 0 Å². The second-order valence-corrected chi connectivity index (χ2v) is 4.08. The summed E-state index contributed by atoms with van der Waals surface area (Å²) >= 11 is 0. The van der Waals surface area contributed by atoms with Crippen LogP contribution >= 0.6 is 0 Å². The Kier molecular flexibility index (Phi) is 4.70. The van der Waals surface area contributed by atoms with Gasteiger partial charge in [-0.15, -0.1) is 0 Å². The normalized spacial score (nSPS) is 26.5. The topological polar surface area (TPSA) is 24.5 Å². The van der Waals surface area contributed by atoms with E-state index >= 15 is 0 Å². The highest BCUT2D eigenvalue weighted by Gasteiger charge is 2.26. The average molecular weight is 186 g/mol. The Bertz CT molecular complexity index is 135. The molecule has 0 aromatic carbocycles. The highest BCUT2D eigenvalue weighted by molar-refractivity contribution is 4.80. The number of rotatable bonds is 5. The zero-order chi connectivity index (χ0) is 9.68. The van der Waals surface area contributed by atoms with Crippen LogP contribution in [0.25, 0.3) is 0 Å². The Morgan fingerprint density at radius 3 is 2.85 bits per heavy atom. The van der Waals surface area contributed by atoms with Crippen LogP contribution < -0.4 is 5.32 Å². The van der Waals surface area contributed by atoms with Crippen LogP contribution in [0.3, 0.4) is 0 Å². The molecule has 1 fully saturated rings. The summed E-state index contributed by atoms with van der Waals surface area (Å²) in [5.74, 6) is 1.50. The van der Waals surface area contributed by atoms with Crippen LogP contribution in [0, 0.1) is 11.8 Å². The molecule has 2 unspecified atom stereocenters. The molecule has 0 spiro atoms. The van der Waals surface area contributed by atoms with Crippen LogP contribution in [-0.2, 0) is 4.74 Å². The molecular weight excluding hydrogens is 164 g/mol. The average Bonchev–Trinajstić information content (AvgIpc) is 2.51. The van der Waals surface area contributed by atoms with E-state index in [0.29, 0.717) is 5.92 Å². The molecule has 0 radical (unpaired) electrons. The van der Waals surface area contributed by atoms with Crippen LogP contribution in [0.2, 0.25) is 0 Å². The van der Waals surface area contributed by atoms with Gasteiger partial charge in [-0.05, 0) is 38.9 Å². The van der Waals surface area contributed by atoms with Gasteiger partial charge in [0.2, 0.25) is 0 Å². The Balaban J connectivity index is 2.35. The number of nitrogens with one attached hydrogen (secondary N) is 1. The van der Waals surface area contributed by atoms with Crippen molar-refractivity contribution in [2.24, 2.45) is 11.8 Å². The van der Waals surface area contributed by atoms with Gasteiger partial charge in [0.15, 0.2) is 0 Å². The zero-order valence-corrected chi connectivity index (χ0v) is 9.05. The molecule has 1 N–H and O–H groups in total. The molecule has 1 heterocycles. The standard InChI is InChI=1S/C10H22N2O/c1-11-6-10(8-13-3)9-4-5-12(2)7-9/h9-11H,4-8H2,1-3H3. The third-order valence-corrected chi connectivity index (χ3v) is 2.94. The molecule has 0 aromatic heterocycles. The summed E-state index contributed by atoms with van der Waals surface area (Å²) in [6, 6.07) is 0. The van der Waals surface area contributed by atoms with Crippen molar-refractivity contribution in [3.05, 3.63) is 0 Å². The van der Waals surface area contributed by atoms with E-state index in [1.807, 2.05) is 7.05 Å². The van der Waals surface area contributed by atoms with Gasteiger partial charge in [-0.1, -0.05) is 0 Å². The Morgan fingerprint density at radius 2 is 2.38 bits per heavy atom. The quantitative estimate of drug-likeness (QED) is 0.673. The summed E-state index contributed by atoms with van der Waals surface area (Å²) in [6.45, 7) is 4.44. The zero-order valence-electron chi connectivity index (χ0n) is 9.05. The minimum atomic E-state index is 0.681. The SMILES string of the molecule is CNCC(COC)C1CCN(C)C1. The molecule has 3 heteroatoms. The van der Waals surface area contributed by atoms with Crippen molar-refractivity contribution in [3.8, 4) is 0 Å². The first-order chi connectivity index (χ1) is 6.27. The van der Waals surface area contributed by atoms with Crippen molar-refractivity contribution in [2.75, 3.05) is 47.4 Å². The summed E-state index contributed by atoms with van der Waals surface area (Å²) in [4.78, 5) is 2.41. The second kappa shape index (κ2) is 5.58. The summed E-state index contributed by atoms with van der Waals surface area (Å²) < 4.78 is 5.25. The summed E-state index contributed by atoms with van der Waals surface area (Å²) in [7, 11) is 6.01. The van der Waals surface area contributed by atoms with Gasteiger partial charge in [-0.3, -0.25) is 0 Å². The van der Waals surface area contributed by atoms with E-state index in [0.717, 1.165) is 19.1 Å². The van der Waals surface area contributed by atoms with Crippen LogP contribution in [0.5, 0.6) is 0 Å². The summed E-state index contributed by atoms with van der Waals surface area (Å²) in [6.07, 6.45) is 1.33. The Morgan fingerprint density at radius 1 is 1.62 bits per heavy atom. The van der Waals surface area contributed by atoms with E-state index in [2.05, 4.69) is 17.3 Å². The first-order valence-corrected chi connectivity index (χ1v) is 5.10. The van der Waals surface area contributed by atoms with Gasteiger partial charge in [-0.25, -0.2) is 0 Å². The third-order valence-electron chi connectivity index (χ3n) is 2.94. The number of hydrogen-bond acceptors (Lipinski definition) is 3. The molecule has 1 aliphatic heterocycles. The Hall–Kier alpha value is -0.120. The van der Waals surface area contributed by atoms with Gasteiger partial charge in [-0.2, -0.15) is 0 Å². The molecule has 1 rings (SSSR count). The molecule has 13 heavy (non-hydrogen) atoms. The molecule has 0 aliphatic carbocycles. The van der Waals surface area contributed by atoms with Gasteiger partial charge in [0, 0.05) is 20.2 Å². The van der Waals surface area contributed by atoms with E-state index in [-0.39, 0.29) is 0 Å². The molecule has 78 valence electrons. The summed E-state index contributed by atoms with van der Waals surface area (Å²) in [5.41, 5.74) is 0. The van der Waals surface area contributed by atoms with Crippen molar-refractivity contribution >= 4 is 0 Å². The van der Waals surface area contributed by atoms with Crippen molar-refractivity contribution in [2.45, 2.75) is 6.42 Å². The van der Waals surface area contributed by atoms with Crippen LogP contribution in [0.15, 0.2) is 0 Å². The highest BCUT2D eigenvalue weighted by Crippen LogP contribution is 2.22. The van der Waals surface area contributed by atoms with E-state index in [4.69, 9.17) is 4.74 Å². The lowest BCUT2D eigenvalue weighted by molar-refractivity contribution is 0.122. The fraction of sp³-hybridized carbons (Fsp3) is 1.00. The monoisotopic (exact) mass is 186 g/mol. The molecule has 0 saturated carbocycles. The minimum absolute atomic E-state index is 0.681. The molecule has 2 atom stereocenters. The van der Waals surface area contributed by atoms with Gasteiger partial charge in [0.05, 0.1) is 6.61 Å². The number of methoxy groups -OCH3 is 1. The van der Waals surface area contributed by atoms with Gasteiger partial charge in [0.25, 0.3) is 0 Å². The van der Waals surface area contributed by atoms with Crippen LogP contribution in [0.1, 0.15) is 6.42 Å². The maximum Gasteiger partial charge on any atom is 0.0505 e. The minimum Gasteiger partial charge on any atom is -0.384 e. The first-order valence-electron chi connectivity index (χ1n) is 5.10. The molecule has 1 aliphatic rings. The first kappa shape index (κ1) is 11.0. The van der Waals surface area contributed by atoms with Gasteiger partial charge >= 0.3 is 0 Å². The maximum atomic E-state index is 5.25. The van der Waals surface area contributed by atoms with Crippen molar-refractivity contribution in [1.82, 2.24) is 10.2 Å². The summed E-state index contributed by atoms with van der Waals surface area (Å²) in [5, 5.41) is 3.25. The fourth-order valence-electron chi connectivity index (χ4n) is 2.19. The van der Waals surface area contributed by atoms with Gasteiger partial charge in [0.1, 0.15) is 0 Å². The third kappa shape index (κ3) is 3.25. The molecule has 0 bridgehead atoms. The van der Waals surface area contributed by atoms with Gasteiger partial charge < -0.3 is 15.0 Å².